The molecule has 0 aliphatic carbocycles. The molecule has 1 aromatic heterocycles. The molecule has 0 radical (unpaired) electrons. The van der Waals surface area contributed by atoms with E-state index in [1.807, 2.05) is 0 Å². The van der Waals surface area contributed by atoms with Crippen molar-refractivity contribution < 1.29 is 0 Å². The summed E-state index contributed by atoms with van der Waals surface area (Å²) in [6.07, 6.45) is 0. The Labute approximate surface area is 292 Å². The molecule has 2 nitrogen and oxygen atoms in total. The van der Waals surface area contributed by atoms with E-state index in [1.165, 1.54) is 49.7 Å². The van der Waals surface area contributed by atoms with Gasteiger partial charge in [0.15, 0.2) is 0 Å². The van der Waals surface area contributed by atoms with Crippen molar-refractivity contribution in [1.82, 2.24) is 4.57 Å². The van der Waals surface area contributed by atoms with Crippen molar-refractivity contribution in [2.24, 2.45) is 0 Å². The first kappa shape index (κ1) is 29.5. The molecule has 8 aromatic carbocycles. The van der Waals surface area contributed by atoms with Crippen LogP contribution in [-0.2, 0) is 0 Å². The van der Waals surface area contributed by atoms with Crippen LogP contribution in [-0.4, -0.2) is 4.57 Å². The Bertz CT molecular complexity index is 2570. The van der Waals surface area contributed by atoms with Crippen molar-refractivity contribution in [3.05, 3.63) is 206 Å². The maximum atomic E-state index is 2.42. The standard InChI is InChI=1S/C48H34N2/c1-5-17-35(18-6-1)37-21-15-26-40(33-37)49(38-22-9-3-10-23-38)41-31-32-45-47(34-41)50(39-24-11-4-12-25-39)46-30-16-29-44(48(45)46)43-28-14-13-27-42(43)36-19-7-2-8-20-36/h1-34H. The van der Waals surface area contributed by atoms with Crippen LogP contribution >= 0.6 is 0 Å². The van der Waals surface area contributed by atoms with Gasteiger partial charge in [-0.1, -0.05) is 152 Å². The molecule has 0 aliphatic rings. The highest BCUT2D eigenvalue weighted by molar-refractivity contribution is 6.17. The van der Waals surface area contributed by atoms with E-state index in [4.69, 9.17) is 0 Å². The molecule has 0 saturated heterocycles. The van der Waals surface area contributed by atoms with Gasteiger partial charge in [-0.25, -0.2) is 0 Å². The lowest BCUT2D eigenvalue weighted by molar-refractivity contribution is 1.18. The lowest BCUT2D eigenvalue weighted by Crippen LogP contribution is -2.10. The molecule has 2 heteroatoms. The van der Waals surface area contributed by atoms with Gasteiger partial charge in [-0.3, -0.25) is 0 Å². The summed E-state index contributed by atoms with van der Waals surface area (Å²) >= 11 is 0. The van der Waals surface area contributed by atoms with Gasteiger partial charge in [-0.15, -0.1) is 0 Å². The fourth-order valence-electron chi connectivity index (χ4n) is 7.34. The van der Waals surface area contributed by atoms with E-state index in [0.717, 1.165) is 28.3 Å². The first-order valence-electron chi connectivity index (χ1n) is 17.1. The predicted molar refractivity (Wildman–Crippen MR) is 212 cm³/mol. The van der Waals surface area contributed by atoms with Gasteiger partial charge < -0.3 is 9.47 Å². The molecule has 1 heterocycles. The van der Waals surface area contributed by atoms with Gasteiger partial charge in [0, 0.05) is 33.5 Å². The van der Waals surface area contributed by atoms with Crippen molar-refractivity contribution in [3.63, 3.8) is 0 Å². The second-order valence-electron chi connectivity index (χ2n) is 12.6. The van der Waals surface area contributed by atoms with Crippen LogP contribution in [0.1, 0.15) is 0 Å². The quantitative estimate of drug-likeness (QED) is 0.169. The molecular formula is C48H34N2. The summed E-state index contributed by atoms with van der Waals surface area (Å²) in [5.74, 6) is 0. The fraction of sp³-hybridized carbons (Fsp3) is 0. The van der Waals surface area contributed by atoms with Crippen LogP contribution in [0.4, 0.5) is 17.1 Å². The minimum atomic E-state index is 1.10. The molecule has 9 rings (SSSR count). The molecular weight excluding hydrogens is 605 g/mol. The predicted octanol–water partition coefficient (Wildman–Crippen LogP) is 13.3. The highest BCUT2D eigenvalue weighted by atomic mass is 15.1. The fourth-order valence-corrected chi connectivity index (χ4v) is 7.34. The Morgan fingerprint density at radius 2 is 0.860 bits per heavy atom. The lowest BCUT2D eigenvalue weighted by Gasteiger charge is -2.26. The maximum absolute atomic E-state index is 2.42. The van der Waals surface area contributed by atoms with Crippen molar-refractivity contribution in [1.29, 1.82) is 0 Å². The molecule has 236 valence electrons. The van der Waals surface area contributed by atoms with Gasteiger partial charge in [0.25, 0.3) is 0 Å². The zero-order valence-electron chi connectivity index (χ0n) is 27.5. The van der Waals surface area contributed by atoms with Crippen molar-refractivity contribution in [3.8, 4) is 39.1 Å². The number of para-hydroxylation sites is 2. The summed E-state index contributed by atoms with van der Waals surface area (Å²) in [7, 11) is 0. The average Bonchev–Trinajstić information content (AvgIpc) is 3.53. The second-order valence-corrected chi connectivity index (χ2v) is 12.6. The van der Waals surface area contributed by atoms with Gasteiger partial charge in [0.2, 0.25) is 0 Å². The third kappa shape index (κ3) is 5.24. The number of benzene rings is 8. The highest BCUT2D eigenvalue weighted by Crippen LogP contribution is 2.44. The Morgan fingerprint density at radius 3 is 1.60 bits per heavy atom. The van der Waals surface area contributed by atoms with Crippen LogP contribution in [0, 0.1) is 0 Å². The number of hydrogen-bond acceptors (Lipinski definition) is 1. The van der Waals surface area contributed by atoms with E-state index in [-0.39, 0.29) is 0 Å². The van der Waals surface area contributed by atoms with Crippen LogP contribution in [0.5, 0.6) is 0 Å². The highest BCUT2D eigenvalue weighted by Gasteiger charge is 2.21. The topological polar surface area (TPSA) is 8.17 Å². The molecule has 0 aliphatic heterocycles. The smallest absolute Gasteiger partial charge is 0.0562 e. The molecule has 9 aromatic rings. The van der Waals surface area contributed by atoms with Gasteiger partial charge in [-0.2, -0.15) is 0 Å². The normalized spacial score (nSPS) is 11.2. The molecule has 0 N–H and O–H groups in total. The monoisotopic (exact) mass is 638 g/mol. The molecule has 0 atom stereocenters. The SMILES string of the molecule is c1ccc(-c2cccc(N(c3ccccc3)c3ccc4c5c(-c6ccccc6-c6ccccc6)cccc5n(-c5ccccc5)c4c3)c2)cc1. The molecule has 0 spiro atoms. The Morgan fingerprint density at radius 1 is 0.320 bits per heavy atom. The molecule has 0 saturated carbocycles. The Kier molecular flexibility index (Phi) is 7.53. The third-order valence-corrected chi connectivity index (χ3v) is 9.58. The summed E-state index contributed by atoms with van der Waals surface area (Å²) in [6, 6.07) is 74.0. The van der Waals surface area contributed by atoms with E-state index in [2.05, 4.69) is 216 Å². The maximum Gasteiger partial charge on any atom is 0.0562 e. The first-order chi connectivity index (χ1) is 24.8. The van der Waals surface area contributed by atoms with E-state index >= 15 is 0 Å². The van der Waals surface area contributed by atoms with Crippen LogP contribution in [0.3, 0.4) is 0 Å². The molecule has 50 heavy (non-hydrogen) atoms. The van der Waals surface area contributed by atoms with Gasteiger partial charge in [0.05, 0.1) is 11.0 Å². The number of aromatic nitrogens is 1. The summed E-state index contributed by atoms with van der Waals surface area (Å²) < 4.78 is 2.42. The van der Waals surface area contributed by atoms with Gasteiger partial charge in [-0.05, 0) is 88.0 Å². The van der Waals surface area contributed by atoms with Gasteiger partial charge >= 0.3 is 0 Å². The van der Waals surface area contributed by atoms with Crippen LogP contribution in [0.2, 0.25) is 0 Å². The van der Waals surface area contributed by atoms with E-state index < -0.39 is 0 Å². The third-order valence-electron chi connectivity index (χ3n) is 9.58. The molecule has 0 fully saturated rings. The minimum absolute atomic E-state index is 1.10. The van der Waals surface area contributed by atoms with Crippen LogP contribution < -0.4 is 4.90 Å². The molecule has 0 amide bonds. The summed E-state index contributed by atoms with van der Waals surface area (Å²) in [5.41, 5.74) is 14.1. The Hall–Kier alpha value is -6.64. The molecule has 0 unspecified atom stereocenters. The van der Waals surface area contributed by atoms with E-state index in [1.54, 1.807) is 0 Å². The number of hydrogen-bond donors (Lipinski definition) is 0. The van der Waals surface area contributed by atoms with Crippen molar-refractivity contribution >= 4 is 38.9 Å². The number of fused-ring (bicyclic) bond motifs is 3. The number of nitrogens with zero attached hydrogens (tertiary/aromatic N) is 2. The summed E-state index contributed by atoms with van der Waals surface area (Å²) in [5, 5.41) is 2.47. The van der Waals surface area contributed by atoms with Crippen LogP contribution in [0.15, 0.2) is 206 Å². The zero-order chi connectivity index (χ0) is 33.3. The number of rotatable bonds is 7. The van der Waals surface area contributed by atoms with Crippen molar-refractivity contribution in [2.75, 3.05) is 4.90 Å². The largest absolute Gasteiger partial charge is 0.310 e. The number of anilines is 3. The van der Waals surface area contributed by atoms with Crippen molar-refractivity contribution in [2.45, 2.75) is 0 Å². The Balaban J connectivity index is 1.30. The summed E-state index contributed by atoms with van der Waals surface area (Å²) in [4.78, 5) is 2.37. The zero-order valence-corrected chi connectivity index (χ0v) is 27.5. The first-order valence-corrected chi connectivity index (χ1v) is 17.1. The minimum Gasteiger partial charge on any atom is -0.310 e. The lowest BCUT2D eigenvalue weighted by atomic mass is 9.92. The second kappa shape index (κ2) is 12.8. The van der Waals surface area contributed by atoms with E-state index in [0.29, 0.717) is 0 Å². The molecule has 0 bridgehead atoms. The van der Waals surface area contributed by atoms with Gasteiger partial charge in [0.1, 0.15) is 0 Å². The summed E-state index contributed by atoms with van der Waals surface area (Å²) in [6.45, 7) is 0. The average molecular weight is 639 g/mol. The van der Waals surface area contributed by atoms with Crippen LogP contribution in [0.25, 0.3) is 60.9 Å². The van der Waals surface area contributed by atoms with E-state index in [9.17, 15) is 0 Å².